The Bertz CT molecular complexity index is 1060. The van der Waals surface area contributed by atoms with Crippen molar-refractivity contribution in [2.75, 3.05) is 6.54 Å². The molecule has 2 aliphatic carbocycles. The van der Waals surface area contributed by atoms with Crippen LogP contribution < -0.4 is 5.32 Å². The summed E-state index contributed by atoms with van der Waals surface area (Å²) in [5.41, 5.74) is -4.59. The van der Waals surface area contributed by atoms with Gasteiger partial charge in [-0.2, -0.15) is 31.6 Å². The summed E-state index contributed by atoms with van der Waals surface area (Å²) in [6, 6.07) is 4.19. The van der Waals surface area contributed by atoms with E-state index in [-0.39, 0.29) is 22.3 Å². The van der Waals surface area contributed by atoms with Gasteiger partial charge in [0.2, 0.25) is 11.8 Å². The van der Waals surface area contributed by atoms with E-state index in [4.69, 9.17) is 0 Å². The number of thioether (sulfide) groups is 1. The Balaban J connectivity index is 1.60. The van der Waals surface area contributed by atoms with E-state index in [0.717, 1.165) is 22.7 Å². The maximum atomic E-state index is 13.6. The molecule has 0 unspecified atom stereocenters. The van der Waals surface area contributed by atoms with Gasteiger partial charge in [0.25, 0.3) is 0 Å². The van der Waals surface area contributed by atoms with Gasteiger partial charge in [-0.25, -0.2) is 0 Å². The normalized spacial score (nSPS) is 24.9. The van der Waals surface area contributed by atoms with Crippen LogP contribution in [0.1, 0.15) is 37.7 Å². The van der Waals surface area contributed by atoms with Crippen LogP contribution >= 0.6 is 27.7 Å². The number of benzene rings is 1. The summed E-state index contributed by atoms with van der Waals surface area (Å²) < 4.78 is 81.6. The maximum absolute atomic E-state index is 13.6. The highest BCUT2D eigenvalue weighted by Crippen LogP contribution is 2.59. The summed E-state index contributed by atoms with van der Waals surface area (Å²) in [5, 5.41) is 11.0. The summed E-state index contributed by atoms with van der Waals surface area (Å²) in [6.45, 7) is -0.313. The van der Waals surface area contributed by atoms with Crippen molar-refractivity contribution in [3.8, 4) is 6.07 Å². The van der Waals surface area contributed by atoms with Gasteiger partial charge in [-0.3, -0.25) is 9.59 Å². The average Bonchev–Trinajstić information content (AvgIpc) is 3.65. The Labute approximate surface area is 203 Å². The molecule has 1 N–H and O–H groups in total. The molecule has 4 rings (SSSR count). The van der Waals surface area contributed by atoms with Crippen LogP contribution in [0.25, 0.3) is 0 Å². The van der Waals surface area contributed by atoms with Gasteiger partial charge in [0.15, 0.2) is 0 Å². The number of rotatable bonds is 5. The molecule has 2 amide bonds. The van der Waals surface area contributed by atoms with Gasteiger partial charge in [0.05, 0.1) is 11.6 Å². The minimum atomic E-state index is -4.80. The minimum Gasteiger partial charge on any atom is -0.336 e. The molecule has 1 saturated heterocycles. The van der Waals surface area contributed by atoms with Gasteiger partial charge in [-0.15, -0.1) is 11.8 Å². The fourth-order valence-electron chi connectivity index (χ4n) is 4.09. The van der Waals surface area contributed by atoms with Gasteiger partial charge in [0.1, 0.15) is 17.0 Å². The SMILES string of the molecule is N#CC1(NC(=O)[C@@H]2C[C@@H](Sc3ccc(Br)cc3C(F)(F)F)CN2C(=O)C2(C(F)(F)F)CC2)CC1. The number of carbonyl (C=O) groups excluding carboxylic acids is 2. The topological polar surface area (TPSA) is 73.2 Å². The number of carbonyl (C=O) groups is 2. The molecular formula is C21H18BrF6N3O2S. The lowest BCUT2D eigenvalue weighted by Crippen LogP contribution is -2.53. The van der Waals surface area contributed by atoms with Gasteiger partial charge in [-0.05, 0) is 50.3 Å². The number of hydrogen-bond acceptors (Lipinski definition) is 4. The van der Waals surface area contributed by atoms with E-state index in [0.29, 0.717) is 12.8 Å². The number of nitriles is 1. The molecule has 13 heteroatoms. The van der Waals surface area contributed by atoms with Gasteiger partial charge < -0.3 is 10.2 Å². The van der Waals surface area contributed by atoms with Gasteiger partial charge in [-0.1, -0.05) is 15.9 Å². The maximum Gasteiger partial charge on any atom is 0.417 e. The number of likely N-dealkylation sites (tertiary alicyclic amines) is 1. The van der Waals surface area contributed by atoms with Crippen molar-refractivity contribution in [1.82, 2.24) is 10.2 Å². The number of hydrogen-bond donors (Lipinski definition) is 1. The number of amides is 2. The second-order valence-corrected chi connectivity index (χ2v) is 11.1. The molecule has 3 aliphatic rings. The van der Waals surface area contributed by atoms with Crippen LogP contribution in [-0.4, -0.2) is 46.3 Å². The average molecular weight is 570 g/mol. The van der Waals surface area contributed by atoms with Crippen molar-refractivity contribution in [3.05, 3.63) is 28.2 Å². The molecule has 0 spiro atoms. The van der Waals surface area contributed by atoms with E-state index in [9.17, 15) is 41.2 Å². The van der Waals surface area contributed by atoms with Crippen LogP contribution in [0, 0.1) is 16.7 Å². The highest BCUT2D eigenvalue weighted by molar-refractivity contribution is 9.10. The molecule has 1 aromatic carbocycles. The first kappa shape index (κ1) is 25.2. The third-order valence-electron chi connectivity index (χ3n) is 6.40. The largest absolute Gasteiger partial charge is 0.417 e. The van der Waals surface area contributed by atoms with E-state index in [1.807, 2.05) is 6.07 Å². The molecule has 3 fully saturated rings. The third-order valence-corrected chi connectivity index (χ3v) is 8.17. The fraction of sp³-hybridized carbons (Fsp3) is 0.571. The van der Waals surface area contributed by atoms with Gasteiger partial charge >= 0.3 is 12.4 Å². The van der Waals surface area contributed by atoms with Crippen molar-refractivity contribution >= 4 is 39.5 Å². The van der Waals surface area contributed by atoms with E-state index in [1.54, 1.807) is 0 Å². The molecule has 2 atom stereocenters. The molecule has 34 heavy (non-hydrogen) atoms. The van der Waals surface area contributed by atoms with Crippen LogP contribution in [0.2, 0.25) is 0 Å². The first-order valence-electron chi connectivity index (χ1n) is 10.4. The molecule has 0 aromatic heterocycles. The second kappa shape index (κ2) is 8.33. The summed E-state index contributed by atoms with van der Waals surface area (Å²) in [4.78, 5) is 26.6. The van der Waals surface area contributed by atoms with Crippen molar-refractivity contribution in [3.63, 3.8) is 0 Å². The zero-order valence-corrected chi connectivity index (χ0v) is 19.8. The quantitative estimate of drug-likeness (QED) is 0.504. The van der Waals surface area contributed by atoms with E-state index in [1.165, 1.54) is 12.1 Å². The minimum absolute atomic E-state index is 0.134. The molecule has 1 heterocycles. The van der Waals surface area contributed by atoms with Crippen molar-refractivity contribution in [1.29, 1.82) is 5.26 Å². The summed E-state index contributed by atoms with van der Waals surface area (Å²) in [5.74, 6) is -2.00. The van der Waals surface area contributed by atoms with Crippen LogP contribution in [-0.2, 0) is 15.8 Å². The predicted octanol–water partition coefficient (Wildman–Crippen LogP) is 5.04. The highest BCUT2D eigenvalue weighted by atomic mass is 79.9. The van der Waals surface area contributed by atoms with E-state index >= 15 is 0 Å². The third kappa shape index (κ3) is 4.63. The van der Waals surface area contributed by atoms with Crippen LogP contribution in [0.15, 0.2) is 27.6 Å². The first-order valence-corrected chi connectivity index (χ1v) is 12.0. The summed E-state index contributed by atoms with van der Waals surface area (Å²) in [6.07, 6.45) is -9.63. The second-order valence-electron chi connectivity index (χ2n) is 8.85. The summed E-state index contributed by atoms with van der Waals surface area (Å²) in [7, 11) is 0. The van der Waals surface area contributed by atoms with Crippen LogP contribution in [0.5, 0.6) is 0 Å². The van der Waals surface area contributed by atoms with E-state index < -0.39 is 64.8 Å². The molecule has 1 aromatic rings. The Morgan fingerprint density at radius 3 is 2.29 bits per heavy atom. The smallest absolute Gasteiger partial charge is 0.336 e. The number of halogens is 7. The highest BCUT2D eigenvalue weighted by Gasteiger charge is 2.70. The summed E-state index contributed by atoms with van der Waals surface area (Å²) >= 11 is 3.77. The van der Waals surface area contributed by atoms with E-state index in [2.05, 4.69) is 21.2 Å². The Hall–Kier alpha value is -1.94. The molecule has 5 nitrogen and oxygen atoms in total. The fourth-order valence-corrected chi connectivity index (χ4v) is 5.77. The predicted molar refractivity (Wildman–Crippen MR) is 112 cm³/mol. The lowest BCUT2D eigenvalue weighted by atomic mass is 10.0. The van der Waals surface area contributed by atoms with Crippen molar-refractivity contribution in [2.24, 2.45) is 5.41 Å². The lowest BCUT2D eigenvalue weighted by Gasteiger charge is -2.29. The molecule has 0 bridgehead atoms. The molecule has 2 saturated carbocycles. The number of alkyl halides is 6. The van der Waals surface area contributed by atoms with Crippen molar-refractivity contribution < 1.29 is 35.9 Å². The Morgan fingerprint density at radius 2 is 1.79 bits per heavy atom. The molecule has 0 radical (unpaired) electrons. The first-order chi connectivity index (χ1) is 15.7. The van der Waals surface area contributed by atoms with Crippen LogP contribution in [0.4, 0.5) is 26.3 Å². The zero-order chi connectivity index (χ0) is 25.1. The number of nitrogens with one attached hydrogen (secondary N) is 1. The van der Waals surface area contributed by atoms with Gasteiger partial charge in [0, 0.05) is 21.2 Å². The van der Waals surface area contributed by atoms with Crippen molar-refractivity contribution in [2.45, 2.75) is 66.2 Å². The lowest BCUT2D eigenvalue weighted by molar-refractivity contribution is -0.199. The number of nitrogens with zero attached hydrogens (tertiary/aromatic N) is 2. The molecule has 184 valence electrons. The molecule has 1 aliphatic heterocycles. The Morgan fingerprint density at radius 1 is 1.15 bits per heavy atom. The standard InChI is InChI=1S/C21H18BrF6N3O2S/c22-11-1-2-15(13(7-11)20(23,24)25)34-12-8-14(16(32)30-18(10-29)3-4-18)31(9-12)17(33)19(5-6-19)21(26,27)28/h1-2,7,12,14H,3-6,8-9H2,(H,30,32)/t12-,14+/m1/s1. The van der Waals surface area contributed by atoms with Crippen LogP contribution in [0.3, 0.4) is 0 Å². The zero-order valence-electron chi connectivity index (χ0n) is 17.4. The monoisotopic (exact) mass is 569 g/mol. The molecular weight excluding hydrogens is 552 g/mol. The Kier molecular flexibility index (Phi) is 6.16.